The highest BCUT2D eigenvalue weighted by molar-refractivity contribution is 5.69. The van der Waals surface area contributed by atoms with E-state index in [1.165, 1.54) is 11.1 Å². The molecule has 0 atom stereocenters. The molecule has 1 saturated heterocycles. The van der Waals surface area contributed by atoms with Gasteiger partial charge in [-0.3, -0.25) is 0 Å². The van der Waals surface area contributed by atoms with Crippen LogP contribution in [-0.4, -0.2) is 53.7 Å². The van der Waals surface area contributed by atoms with Crippen molar-refractivity contribution in [3.05, 3.63) is 66.9 Å². The summed E-state index contributed by atoms with van der Waals surface area (Å²) in [5.74, 6) is 0.693. The van der Waals surface area contributed by atoms with Crippen molar-refractivity contribution < 1.29 is 9.53 Å². The number of aromatic nitrogens is 2. The van der Waals surface area contributed by atoms with Crippen molar-refractivity contribution in [1.82, 2.24) is 14.9 Å². The lowest BCUT2D eigenvalue weighted by Gasteiger charge is -2.34. The van der Waals surface area contributed by atoms with E-state index in [0.29, 0.717) is 38.7 Å². The van der Waals surface area contributed by atoms with Gasteiger partial charge in [-0.05, 0) is 24.1 Å². The van der Waals surface area contributed by atoms with Crippen LogP contribution in [0.3, 0.4) is 0 Å². The number of carbonyl (C=O) groups is 1. The number of anilines is 1. The van der Waals surface area contributed by atoms with E-state index in [0.717, 1.165) is 11.3 Å². The van der Waals surface area contributed by atoms with Crippen molar-refractivity contribution in [2.24, 2.45) is 0 Å². The predicted molar refractivity (Wildman–Crippen MR) is 114 cm³/mol. The third-order valence-electron chi connectivity index (χ3n) is 5.02. The second-order valence-corrected chi connectivity index (χ2v) is 6.86. The maximum absolute atomic E-state index is 11.9. The second-order valence-electron chi connectivity index (χ2n) is 6.86. The zero-order valence-corrected chi connectivity index (χ0v) is 16.5. The normalized spacial score (nSPS) is 14.0. The SMILES string of the molecule is CCOC(=O)N1CCN(c2nccc(-c3ccc(-c4ccccc4)cc3)n2)CC1. The molecule has 1 aliphatic heterocycles. The first-order valence-electron chi connectivity index (χ1n) is 9.90. The van der Waals surface area contributed by atoms with E-state index in [1.54, 1.807) is 11.1 Å². The van der Waals surface area contributed by atoms with Crippen molar-refractivity contribution in [2.45, 2.75) is 6.92 Å². The van der Waals surface area contributed by atoms with Crippen LogP contribution in [0.2, 0.25) is 0 Å². The summed E-state index contributed by atoms with van der Waals surface area (Å²) in [6.07, 6.45) is 1.54. The number of ether oxygens (including phenoxy) is 1. The monoisotopic (exact) mass is 388 g/mol. The molecule has 0 aliphatic carbocycles. The van der Waals surface area contributed by atoms with E-state index in [-0.39, 0.29) is 6.09 Å². The molecular weight excluding hydrogens is 364 g/mol. The number of rotatable bonds is 4. The maximum Gasteiger partial charge on any atom is 0.409 e. The summed E-state index contributed by atoms with van der Waals surface area (Å²) in [5, 5.41) is 0. The molecule has 2 heterocycles. The number of piperazine rings is 1. The van der Waals surface area contributed by atoms with Gasteiger partial charge in [0.2, 0.25) is 5.95 Å². The van der Waals surface area contributed by atoms with E-state index in [1.807, 2.05) is 31.2 Å². The van der Waals surface area contributed by atoms with Crippen LogP contribution in [0.25, 0.3) is 22.4 Å². The van der Waals surface area contributed by atoms with Gasteiger partial charge in [-0.2, -0.15) is 0 Å². The Balaban J connectivity index is 1.46. The number of hydrogen-bond donors (Lipinski definition) is 0. The Morgan fingerprint density at radius 2 is 1.55 bits per heavy atom. The van der Waals surface area contributed by atoms with Crippen molar-refractivity contribution in [3.8, 4) is 22.4 Å². The first kappa shape index (κ1) is 18.9. The molecular formula is C23H24N4O2. The fourth-order valence-corrected chi connectivity index (χ4v) is 3.43. The minimum Gasteiger partial charge on any atom is -0.450 e. The fraction of sp³-hybridized carbons (Fsp3) is 0.261. The third-order valence-corrected chi connectivity index (χ3v) is 5.02. The molecule has 4 rings (SSSR count). The molecule has 1 amide bonds. The van der Waals surface area contributed by atoms with Crippen LogP contribution >= 0.6 is 0 Å². The average Bonchev–Trinajstić information content (AvgIpc) is 2.80. The van der Waals surface area contributed by atoms with Crippen LogP contribution < -0.4 is 4.90 Å². The highest BCUT2D eigenvalue weighted by Crippen LogP contribution is 2.24. The Hall–Kier alpha value is -3.41. The molecule has 0 unspecified atom stereocenters. The molecule has 0 spiro atoms. The Bertz CT molecular complexity index is 952. The Morgan fingerprint density at radius 1 is 0.897 bits per heavy atom. The molecule has 1 aromatic heterocycles. The van der Waals surface area contributed by atoms with Crippen LogP contribution in [0.4, 0.5) is 10.7 Å². The van der Waals surface area contributed by atoms with Crippen molar-refractivity contribution in [1.29, 1.82) is 0 Å². The molecule has 3 aromatic rings. The predicted octanol–water partition coefficient (Wildman–Crippen LogP) is 4.09. The number of amides is 1. The zero-order valence-electron chi connectivity index (χ0n) is 16.5. The molecule has 0 radical (unpaired) electrons. The van der Waals surface area contributed by atoms with Crippen LogP contribution in [0.15, 0.2) is 66.9 Å². The number of nitrogens with zero attached hydrogens (tertiary/aromatic N) is 4. The second kappa shape index (κ2) is 8.73. The molecule has 6 nitrogen and oxygen atoms in total. The molecule has 1 fully saturated rings. The maximum atomic E-state index is 11.9. The van der Waals surface area contributed by atoms with E-state index < -0.39 is 0 Å². The van der Waals surface area contributed by atoms with Gasteiger partial charge < -0.3 is 14.5 Å². The van der Waals surface area contributed by atoms with Crippen molar-refractivity contribution in [2.75, 3.05) is 37.7 Å². The molecule has 0 bridgehead atoms. The summed E-state index contributed by atoms with van der Waals surface area (Å²) in [6, 6.07) is 20.7. The van der Waals surface area contributed by atoms with Gasteiger partial charge in [0.1, 0.15) is 0 Å². The molecule has 1 aliphatic rings. The number of carbonyl (C=O) groups excluding carboxylic acids is 1. The van der Waals surface area contributed by atoms with E-state index in [9.17, 15) is 4.79 Å². The minimum atomic E-state index is -0.250. The van der Waals surface area contributed by atoms with Gasteiger partial charge >= 0.3 is 6.09 Å². The van der Waals surface area contributed by atoms with Gasteiger partial charge in [-0.15, -0.1) is 0 Å². The summed E-state index contributed by atoms with van der Waals surface area (Å²) in [5.41, 5.74) is 4.32. The van der Waals surface area contributed by atoms with Crippen LogP contribution in [0, 0.1) is 0 Å². The third kappa shape index (κ3) is 4.37. The van der Waals surface area contributed by atoms with E-state index in [4.69, 9.17) is 9.72 Å². The quantitative estimate of drug-likeness (QED) is 0.674. The van der Waals surface area contributed by atoms with Gasteiger partial charge in [0.15, 0.2) is 0 Å². The van der Waals surface area contributed by atoms with E-state index in [2.05, 4.69) is 46.3 Å². The van der Waals surface area contributed by atoms with Crippen LogP contribution in [0.1, 0.15) is 6.92 Å². The molecule has 6 heteroatoms. The molecule has 0 saturated carbocycles. The fourth-order valence-electron chi connectivity index (χ4n) is 3.43. The standard InChI is InChI=1S/C23H24N4O2/c1-2-29-23(28)27-16-14-26(15-17-27)22-24-13-12-21(25-22)20-10-8-19(9-11-20)18-6-4-3-5-7-18/h3-13H,2,14-17H2,1H3. The summed E-state index contributed by atoms with van der Waals surface area (Å²) in [7, 11) is 0. The summed E-state index contributed by atoms with van der Waals surface area (Å²) in [6.45, 7) is 4.81. The Kier molecular flexibility index (Phi) is 5.70. The molecule has 148 valence electrons. The van der Waals surface area contributed by atoms with Gasteiger partial charge in [0.05, 0.1) is 12.3 Å². The smallest absolute Gasteiger partial charge is 0.409 e. The topological polar surface area (TPSA) is 58.6 Å². The largest absolute Gasteiger partial charge is 0.450 e. The first-order chi connectivity index (χ1) is 14.2. The number of benzene rings is 2. The summed E-state index contributed by atoms with van der Waals surface area (Å²) < 4.78 is 5.08. The van der Waals surface area contributed by atoms with Crippen LogP contribution in [-0.2, 0) is 4.74 Å². The highest BCUT2D eigenvalue weighted by Gasteiger charge is 2.23. The Labute approximate surface area is 170 Å². The molecule has 29 heavy (non-hydrogen) atoms. The Morgan fingerprint density at radius 3 is 2.24 bits per heavy atom. The molecule has 0 N–H and O–H groups in total. The van der Waals surface area contributed by atoms with Gasteiger partial charge in [-0.1, -0.05) is 54.6 Å². The van der Waals surface area contributed by atoms with Crippen molar-refractivity contribution in [3.63, 3.8) is 0 Å². The van der Waals surface area contributed by atoms with Crippen LogP contribution in [0.5, 0.6) is 0 Å². The lowest BCUT2D eigenvalue weighted by Crippen LogP contribution is -2.49. The minimum absolute atomic E-state index is 0.250. The zero-order chi connectivity index (χ0) is 20.1. The van der Waals surface area contributed by atoms with E-state index >= 15 is 0 Å². The molecule has 2 aromatic carbocycles. The highest BCUT2D eigenvalue weighted by atomic mass is 16.6. The lowest BCUT2D eigenvalue weighted by atomic mass is 10.0. The summed E-state index contributed by atoms with van der Waals surface area (Å²) >= 11 is 0. The average molecular weight is 388 g/mol. The van der Waals surface area contributed by atoms with Gasteiger partial charge in [-0.25, -0.2) is 14.8 Å². The number of hydrogen-bond acceptors (Lipinski definition) is 5. The van der Waals surface area contributed by atoms with Gasteiger partial charge in [0, 0.05) is 37.9 Å². The van der Waals surface area contributed by atoms with Crippen molar-refractivity contribution >= 4 is 12.0 Å². The summed E-state index contributed by atoms with van der Waals surface area (Å²) in [4.78, 5) is 24.9. The first-order valence-corrected chi connectivity index (χ1v) is 9.90. The lowest BCUT2D eigenvalue weighted by molar-refractivity contribution is 0.105. The van der Waals surface area contributed by atoms with Gasteiger partial charge in [0.25, 0.3) is 0 Å².